The van der Waals surface area contributed by atoms with E-state index in [2.05, 4.69) is 13.2 Å². The first-order valence-corrected chi connectivity index (χ1v) is 13.7. The Morgan fingerprint density at radius 3 is 1.80 bits per heavy atom. The van der Waals surface area contributed by atoms with Gasteiger partial charge in [0.2, 0.25) is 0 Å². The lowest BCUT2D eigenvalue weighted by molar-refractivity contribution is -0.146. The Morgan fingerprint density at radius 1 is 0.829 bits per heavy atom. The molecule has 2 saturated carbocycles. The number of aliphatic hydroxyl groups is 1. The number of carbonyl (C=O) groups is 2. The zero-order valence-electron chi connectivity index (χ0n) is 21.8. The minimum Gasteiger partial charge on any atom is -0.462 e. The normalized spacial score (nSPS) is 25.5. The van der Waals surface area contributed by atoms with E-state index in [-0.39, 0.29) is 31.4 Å². The van der Waals surface area contributed by atoms with E-state index >= 15 is 0 Å². The second-order valence-corrected chi connectivity index (χ2v) is 10.9. The molecule has 5 nitrogen and oxygen atoms in total. The molecular weight excluding hydrogens is 447 g/mol. The van der Waals surface area contributed by atoms with Crippen LogP contribution in [0.4, 0.5) is 4.39 Å². The van der Waals surface area contributed by atoms with Crippen molar-refractivity contribution in [1.82, 2.24) is 0 Å². The number of ether oxygens (including phenoxy) is 2. The van der Waals surface area contributed by atoms with Crippen LogP contribution in [0.2, 0.25) is 0 Å². The standard InChI is InChI=1S/C29H47FO5/c1-21(2)28(32)34-19-27(20-35-29(33)22(3)18-31)26-15-13-25(14-16-26)12-11-24-9-7-23(8-10-24)6-4-5-17-30/h23-27,31H,1,3-20H2,2H3. The van der Waals surface area contributed by atoms with Crippen molar-refractivity contribution in [3.8, 4) is 0 Å². The van der Waals surface area contributed by atoms with Gasteiger partial charge in [-0.1, -0.05) is 77.4 Å². The van der Waals surface area contributed by atoms with Crippen LogP contribution in [-0.4, -0.2) is 43.5 Å². The van der Waals surface area contributed by atoms with Crippen LogP contribution in [0.3, 0.4) is 0 Å². The predicted molar refractivity (Wildman–Crippen MR) is 136 cm³/mol. The van der Waals surface area contributed by atoms with E-state index in [0.29, 0.717) is 11.5 Å². The van der Waals surface area contributed by atoms with Crippen molar-refractivity contribution in [2.75, 3.05) is 26.5 Å². The van der Waals surface area contributed by atoms with Gasteiger partial charge in [-0.05, 0) is 49.9 Å². The Kier molecular flexibility index (Phi) is 13.6. The van der Waals surface area contributed by atoms with E-state index < -0.39 is 18.5 Å². The number of aliphatic hydroxyl groups excluding tert-OH is 1. The SMILES string of the molecule is C=C(C)C(=O)OCC(COC(=O)C(=C)CO)C1CCC(CCC2CCC(CCCCF)CC2)CC1. The highest BCUT2D eigenvalue weighted by Gasteiger charge is 2.30. The van der Waals surface area contributed by atoms with E-state index in [0.717, 1.165) is 56.3 Å². The molecule has 200 valence electrons. The topological polar surface area (TPSA) is 72.8 Å². The number of halogens is 1. The van der Waals surface area contributed by atoms with Gasteiger partial charge < -0.3 is 14.6 Å². The first-order valence-electron chi connectivity index (χ1n) is 13.7. The number of hydrogen-bond donors (Lipinski definition) is 1. The molecule has 2 fully saturated rings. The van der Waals surface area contributed by atoms with Crippen molar-refractivity contribution in [2.24, 2.45) is 29.6 Å². The van der Waals surface area contributed by atoms with E-state index in [1.165, 1.54) is 44.9 Å². The fourth-order valence-corrected chi connectivity index (χ4v) is 5.73. The molecule has 0 heterocycles. The highest BCUT2D eigenvalue weighted by Crippen LogP contribution is 2.39. The van der Waals surface area contributed by atoms with Gasteiger partial charge in [0, 0.05) is 11.5 Å². The van der Waals surface area contributed by atoms with Gasteiger partial charge in [-0.3, -0.25) is 4.39 Å². The number of rotatable bonds is 15. The Bertz CT molecular complexity index is 675. The molecule has 2 aliphatic rings. The summed E-state index contributed by atoms with van der Waals surface area (Å²) in [6.07, 6.45) is 15.2. The maximum atomic E-state index is 12.3. The quantitative estimate of drug-likeness (QED) is 0.163. The van der Waals surface area contributed by atoms with Gasteiger partial charge in [-0.2, -0.15) is 0 Å². The molecule has 1 N–H and O–H groups in total. The van der Waals surface area contributed by atoms with Gasteiger partial charge in [0.05, 0.1) is 32.1 Å². The molecule has 1 atom stereocenters. The average Bonchev–Trinajstić information content (AvgIpc) is 2.87. The van der Waals surface area contributed by atoms with Crippen LogP contribution in [0.1, 0.15) is 90.4 Å². The maximum Gasteiger partial charge on any atom is 0.335 e. The molecule has 0 amide bonds. The lowest BCUT2D eigenvalue weighted by Gasteiger charge is -2.35. The second kappa shape index (κ2) is 16.1. The summed E-state index contributed by atoms with van der Waals surface area (Å²) in [5.74, 6) is 1.64. The Labute approximate surface area is 211 Å². The van der Waals surface area contributed by atoms with Crippen LogP contribution in [0, 0.1) is 29.6 Å². The first-order chi connectivity index (χ1) is 16.8. The summed E-state index contributed by atoms with van der Waals surface area (Å²) < 4.78 is 23.1. The molecular formula is C29H47FO5. The number of carbonyl (C=O) groups excluding carboxylic acids is 2. The largest absolute Gasteiger partial charge is 0.462 e. The van der Waals surface area contributed by atoms with Crippen molar-refractivity contribution in [3.63, 3.8) is 0 Å². The van der Waals surface area contributed by atoms with Crippen LogP contribution >= 0.6 is 0 Å². The van der Waals surface area contributed by atoms with Crippen LogP contribution in [0.15, 0.2) is 24.3 Å². The minimum atomic E-state index is -0.602. The zero-order valence-corrected chi connectivity index (χ0v) is 21.8. The summed E-state index contributed by atoms with van der Waals surface area (Å²) in [4.78, 5) is 23.9. The summed E-state index contributed by atoms with van der Waals surface area (Å²) in [6.45, 7) is 8.52. The van der Waals surface area contributed by atoms with Crippen molar-refractivity contribution in [2.45, 2.75) is 90.4 Å². The molecule has 0 aromatic rings. The van der Waals surface area contributed by atoms with Gasteiger partial charge in [-0.25, -0.2) is 9.59 Å². The Hall–Kier alpha value is -1.69. The molecule has 0 aliphatic heterocycles. The van der Waals surface area contributed by atoms with Gasteiger partial charge in [0.15, 0.2) is 0 Å². The molecule has 0 aromatic carbocycles. The molecule has 1 unspecified atom stereocenters. The van der Waals surface area contributed by atoms with Crippen molar-refractivity contribution in [1.29, 1.82) is 0 Å². The number of unbranched alkanes of at least 4 members (excludes halogenated alkanes) is 1. The van der Waals surface area contributed by atoms with E-state index in [9.17, 15) is 14.0 Å². The van der Waals surface area contributed by atoms with Gasteiger partial charge in [-0.15, -0.1) is 0 Å². The van der Waals surface area contributed by atoms with E-state index in [4.69, 9.17) is 14.6 Å². The average molecular weight is 495 g/mol. The molecule has 0 aromatic heterocycles. The second-order valence-electron chi connectivity index (χ2n) is 10.9. The lowest BCUT2D eigenvalue weighted by Crippen LogP contribution is -2.31. The fourth-order valence-electron chi connectivity index (χ4n) is 5.73. The third kappa shape index (κ3) is 10.8. The van der Waals surface area contributed by atoms with Crippen molar-refractivity contribution in [3.05, 3.63) is 24.3 Å². The molecule has 0 spiro atoms. The zero-order chi connectivity index (χ0) is 25.6. The number of alkyl halides is 1. The van der Waals surface area contributed by atoms with Gasteiger partial charge in [0.25, 0.3) is 0 Å². The van der Waals surface area contributed by atoms with Crippen molar-refractivity contribution < 1.29 is 28.6 Å². The lowest BCUT2D eigenvalue weighted by atomic mass is 9.72. The highest BCUT2D eigenvalue weighted by molar-refractivity contribution is 5.88. The molecule has 0 radical (unpaired) electrons. The monoisotopic (exact) mass is 494 g/mol. The predicted octanol–water partition coefficient (Wildman–Crippen LogP) is 6.35. The Balaban J connectivity index is 1.74. The summed E-state index contributed by atoms with van der Waals surface area (Å²) in [5.41, 5.74) is 0.382. The third-order valence-electron chi connectivity index (χ3n) is 8.19. The summed E-state index contributed by atoms with van der Waals surface area (Å²) in [5, 5.41) is 9.09. The molecule has 2 rings (SSSR count). The molecule has 35 heavy (non-hydrogen) atoms. The summed E-state index contributed by atoms with van der Waals surface area (Å²) in [6, 6.07) is 0. The van der Waals surface area contributed by atoms with Crippen LogP contribution in [-0.2, 0) is 19.1 Å². The third-order valence-corrected chi connectivity index (χ3v) is 8.19. The van der Waals surface area contributed by atoms with Crippen LogP contribution in [0.5, 0.6) is 0 Å². The van der Waals surface area contributed by atoms with Crippen LogP contribution in [0.25, 0.3) is 0 Å². The molecule has 0 saturated heterocycles. The minimum absolute atomic E-state index is 0.0279. The van der Waals surface area contributed by atoms with Crippen molar-refractivity contribution >= 4 is 11.9 Å². The summed E-state index contributed by atoms with van der Waals surface area (Å²) in [7, 11) is 0. The Morgan fingerprint density at radius 2 is 1.31 bits per heavy atom. The summed E-state index contributed by atoms with van der Waals surface area (Å²) >= 11 is 0. The number of hydrogen-bond acceptors (Lipinski definition) is 5. The van der Waals surface area contributed by atoms with E-state index in [1.54, 1.807) is 6.92 Å². The van der Waals surface area contributed by atoms with E-state index in [1.807, 2.05) is 0 Å². The first kappa shape index (κ1) is 29.5. The highest BCUT2D eigenvalue weighted by atomic mass is 19.1. The molecule has 6 heteroatoms. The molecule has 0 bridgehead atoms. The van der Waals surface area contributed by atoms with Crippen LogP contribution < -0.4 is 0 Å². The van der Waals surface area contributed by atoms with Gasteiger partial charge in [0.1, 0.15) is 0 Å². The molecule has 2 aliphatic carbocycles. The number of esters is 2. The smallest absolute Gasteiger partial charge is 0.335 e. The fraction of sp³-hybridized carbons (Fsp3) is 0.793. The van der Waals surface area contributed by atoms with Gasteiger partial charge >= 0.3 is 11.9 Å². The maximum absolute atomic E-state index is 12.3.